The Kier molecular flexibility index (Phi) is 6.49. The van der Waals surface area contributed by atoms with Crippen LogP contribution in [0, 0.1) is 0 Å². The van der Waals surface area contributed by atoms with Crippen LogP contribution in [-0.2, 0) is 49.7 Å². The molecule has 5 atom stereocenters. The average molecular weight is 580 g/mol. The second-order valence-corrected chi connectivity index (χ2v) is 15.5. The first-order valence-electron chi connectivity index (χ1n) is 12.4. The first kappa shape index (κ1) is 27.4. The maximum atomic E-state index is 13.0. The summed E-state index contributed by atoms with van der Waals surface area (Å²) in [5.74, 6) is -2.99. The summed E-state index contributed by atoms with van der Waals surface area (Å²) in [6.45, 7) is 5.44. The molecule has 4 aliphatic heterocycles. The normalized spacial score (nSPS) is 30.9. The van der Waals surface area contributed by atoms with Crippen molar-refractivity contribution in [2.45, 2.75) is 78.9 Å². The number of nitrogens with one attached hydrogen (secondary N) is 1. The lowest BCUT2D eigenvalue weighted by atomic mass is 9.96. The molecule has 3 amide bonds. The fourth-order valence-electron chi connectivity index (χ4n) is 5.64. The minimum absolute atomic E-state index is 0.116. The van der Waals surface area contributed by atoms with E-state index in [2.05, 4.69) is 5.32 Å². The molecule has 1 aromatic rings. The molecule has 1 unspecified atom stereocenters. The summed E-state index contributed by atoms with van der Waals surface area (Å²) in [7, 11) is -3.79. The van der Waals surface area contributed by atoms with Crippen molar-refractivity contribution in [3.8, 4) is 0 Å². The number of rotatable bonds is 7. The fraction of sp³-hybridized carbons (Fsp3) is 0.560. The maximum absolute atomic E-state index is 13.0. The van der Waals surface area contributed by atoms with Gasteiger partial charge in [-0.25, -0.2) is 18.0 Å². The van der Waals surface area contributed by atoms with Crippen molar-refractivity contribution in [2.24, 2.45) is 0 Å². The number of hydrogen-bond acceptors (Lipinski definition) is 10. The highest BCUT2D eigenvalue weighted by Gasteiger charge is 2.68. The van der Waals surface area contributed by atoms with Crippen LogP contribution in [-0.4, -0.2) is 93.0 Å². The summed E-state index contributed by atoms with van der Waals surface area (Å²) >= 11 is 1.35. The maximum Gasteiger partial charge on any atom is 0.333 e. The Labute approximate surface area is 229 Å². The molecule has 14 heteroatoms. The van der Waals surface area contributed by atoms with Gasteiger partial charge in [0, 0.05) is 4.75 Å². The van der Waals surface area contributed by atoms with E-state index in [1.165, 1.54) is 30.5 Å². The van der Waals surface area contributed by atoms with E-state index in [0.29, 0.717) is 0 Å². The molecule has 4 fully saturated rings. The Bertz CT molecular complexity index is 1360. The number of nitrogens with zero attached hydrogens (tertiary/aromatic N) is 2. The van der Waals surface area contributed by atoms with E-state index >= 15 is 0 Å². The Morgan fingerprint density at radius 3 is 2.23 bits per heavy atom. The van der Waals surface area contributed by atoms with Crippen molar-refractivity contribution < 1.29 is 41.9 Å². The molecule has 39 heavy (non-hydrogen) atoms. The summed E-state index contributed by atoms with van der Waals surface area (Å²) in [5, 5.41) is 1.22. The Morgan fingerprint density at radius 1 is 1.00 bits per heavy atom. The molecule has 0 radical (unpaired) electrons. The monoisotopic (exact) mass is 579 g/mol. The molecule has 0 spiro atoms. The highest BCUT2D eigenvalue weighted by Crippen LogP contribution is 2.51. The third-order valence-corrected chi connectivity index (χ3v) is 12.2. The lowest BCUT2D eigenvalue weighted by molar-refractivity contribution is -0.181. The number of esters is 2. The molecule has 0 bridgehead atoms. The molecule has 4 aliphatic rings. The standard InChI is InChI=1S/C25H29N3O9S2/c1-24(2)18(28-20(31)17(21(28)38-24)26-14(29)10-13-8-6-5-7-9-13)22(32)36-12-37-23(33)19-25(3,4)39(34,35)16-11-15(30)27(16)19/h5-9,16-19,21H,10-12H2,1-4H3,(H,26,29)/t16-,17?,18+,19+,21-/m1/s1. The van der Waals surface area contributed by atoms with Crippen molar-refractivity contribution in [3.63, 3.8) is 0 Å². The van der Waals surface area contributed by atoms with Crippen LogP contribution in [0.4, 0.5) is 0 Å². The fourth-order valence-corrected chi connectivity index (χ4v) is 9.39. The summed E-state index contributed by atoms with van der Waals surface area (Å²) < 4.78 is 33.3. The van der Waals surface area contributed by atoms with Gasteiger partial charge in [0.15, 0.2) is 9.84 Å². The summed E-state index contributed by atoms with van der Waals surface area (Å²) in [4.78, 5) is 65.6. The number of carbonyl (C=O) groups is 5. The molecule has 1 aromatic carbocycles. The smallest absolute Gasteiger partial charge is 0.333 e. The molecule has 0 aromatic heterocycles. The van der Waals surface area contributed by atoms with E-state index in [9.17, 15) is 32.4 Å². The quantitative estimate of drug-likeness (QED) is 0.264. The second-order valence-electron chi connectivity index (χ2n) is 11.0. The predicted octanol–water partition coefficient (Wildman–Crippen LogP) is -0.0459. The zero-order chi connectivity index (χ0) is 28.5. The Hall–Kier alpha value is -3.13. The van der Waals surface area contributed by atoms with E-state index in [-0.39, 0.29) is 18.7 Å². The van der Waals surface area contributed by atoms with Gasteiger partial charge >= 0.3 is 11.9 Å². The first-order valence-corrected chi connectivity index (χ1v) is 14.8. The van der Waals surface area contributed by atoms with Gasteiger partial charge in [0.05, 0.1) is 17.6 Å². The Morgan fingerprint density at radius 2 is 1.62 bits per heavy atom. The first-order chi connectivity index (χ1) is 18.2. The predicted molar refractivity (Wildman–Crippen MR) is 137 cm³/mol. The van der Waals surface area contributed by atoms with Crippen LogP contribution in [0.15, 0.2) is 30.3 Å². The minimum Gasteiger partial charge on any atom is -0.426 e. The summed E-state index contributed by atoms with van der Waals surface area (Å²) in [6, 6.07) is 5.97. The number of carbonyl (C=O) groups excluding carboxylic acids is 5. The highest BCUT2D eigenvalue weighted by molar-refractivity contribution is 8.01. The Balaban J connectivity index is 1.18. The van der Waals surface area contributed by atoms with Crippen LogP contribution >= 0.6 is 11.8 Å². The third-order valence-electron chi connectivity index (χ3n) is 7.79. The average Bonchev–Trinajstić information content (AvgIpc) is 3.18. The van der Waals surface area contributed by atoms with Gasteiger partial charge in [-0.3, -0.25) is 14.4 Å². The van der Waals surface area contributed by atoms with Gasteiger partial charge in [0.25, 0.3) is 0 Å². The molecular weight excluding hydrogens is 550 g/mol. The van der Waals surface area contributed by atoms with Crippen LogP contribution in [0.1, 0.15) is 39.7 Å². The van der Waals surface area contributed by atoms with Gasteiger partial charge in [-0.15, -0.1) is 11.8 Å². The third kappa shape index (κ3) is 4.19. The van der Waals surface area contributed by atoms with Gasteiger partial charge < -0.3 is 24.6 Å². The largest absolute Gasteiger partial charge is 0.426 e. The summed E-state index contributed by atoms with van der Waals surface area (Å²) in [5.41, 5.74) is 0.807. The SMILES string of the molecule is CC1(C)S[C@@H]2C(NC(=O)Cc3ccccc3)C(=O)N2[C@H]1C(=O)OCOC(=O)[C@@H]1N2C(=O)C[C@H]2S(=O)(=O)C1(C)C. The lowest BCUT2D eigenvalue weighted by Crippen LogP contribution is -2.70. The number of β-lactam (4-membered cyclic amide) rings is 2. The lowest BCUT2D eigenvalue weighted by Gasteiger charge is -2.43. The van der Waals surface area contributed by atoms with Crippen molar-refractivity contribution in [1.82, 2.24) is 15.1 Å². The molecule has 4 saturated heterocycles. The van der Waals surface area contributed by atoms with Crippen LogP contribution < -0.4 is 5.32 Å². The second kappa shape index (κ2) is 9.22. The van der Waals surface area contributed by atoms with E-state index in [0.717, 1.165) is 10.5 Å². The molecule has 12 nitrogen and oxygen atoms in total. The molecule has 0 aliphatic carbocycles. The minimum atomic E-state index is -3.79. The number of fused-ring (bicyclic) bond motifs is 2. The number of ether oxygens (including phenoxy) is 2. The zero-order valence-corrected chi connectivity index (χ0v) is 23.4. The number of amides is 3. The molecular formula is C25H29N3O9S2. The van der Waals surface area contributed by atoms with Crippen LogP contribution in [0.2, 0.25) is 0 Å². The topological polar surface area (TPSA) is 156 Å². The zero-order valence-electron chi connectivity index (χ0n) is 21.8. The molecule has 0 saturated carbocycles. The van der Waals surface area contributed by atoms with Crippen molar-refractivity contribution in [3.05, 3.63) is 35.9 Å². The van der Waals surface area contributed by atoms with Crippen LogP contribution in [0.3, 0.4) is 0 Å². The van der Waals surface area contributed by atoms with E-state index in [4.69, 9.17) is 9.47 Å². The van der Waals surface area contributed by atoms with E-state index < -0.39 is 78.8 Å². The van der Waals surface area contributed by atoms with Gasteiger partial charge in [-0.05, 0) is 33.3 Å². The van der Waals surface area contributed by atoms with Gasteiger partial charge in [-0.2, -0.15) is 0 Å². The molecule has 1 N–H and O–H groups in total. The van der Waals surface area contributed by atoms with Gasteiger partial charge in [0.1, 0.15) is 28.9 Å². The van der Waals surface area contributed by atoms with E-state index in [1.54, 1.807) is 13.8 Å². The van der Waals surface area contributed by atoms with Crippen molar-refractivity contribution in [1.29, 1.82) is 0 Å². The van der Waals surface area contributed by atoms with Crippen LogP contribution in [0.5, 0.6) is 0 Å². The summed E-state index contributed by atoms with van der Waals surface area (Å²) in [6.07, 6.45) is -0.0667. The number of thioether (sulfide) groups is 1. The van der Waals surface area contributed by atoms with Crippen molar-refractivity contribution in [2.75, 3.05) is 6.79 Å². The highest BCUT2D eigenvalue weighted by atomic mass is 32.2. The number of sulfone groups is 1. The van der Waals surface area contributed by atoms with Crippen LogP contribution in [0.25, 0.3) is 0 Å². The van der Waals surface area contributed by atoms with Gasteiger partial charge in [0.2, 0.25) is 24.5 Å². The number of hydrogen-bond donors (Lipinski definition) is 1. The van der Waals surface area contributed by atoms with Gasteiger partial charge in [-0.1, -0.05) is 30.3 Å². The van der Waals surface area contributed by atoms with E-state index in [1.807, 2.05) is 30.3 Å². The van der Waals surface area contributed by atoms with Crippen molar-refractivity contribution >= 4 is 51.3 Å². The molecule has 210 valence electrons. The molecule has 5 rings (SSSR count). The number of benzene rings is 1. The molecule has 4 heterocycles.